The fraction of sp³-hybridized carbons (Fsp3) is 0.923. The van der Waals surface area contributed by atoms with Crippen LogP contribution in [0.25, 0.3) is 0 Å². The van der Waals surface area contributed by atoms with Gasteiger partial charge in [0.2, 0.25) is 0 Å². The van der Waals surface area contributed by atoms with Crippen LogP contribution in [0.3, 0.4) is 0 Å². The molecule has 1 rings (SSSR count). The van der Waals surface area contributed by atoms with Crippen LogP contribution in [0.15, 0.2) is 0 Å². The van der Waals surface area contributed by atoms with Crippen molar-refractivity contribution in [3.05, 3.63) is 0 Å². The lowest BCUT2D eigenvalue weighted by molar-refractivity contribution is -0.0174. The third-order valence-corrected chi connectivity index (χ3v) is 3.31. The van der Waals surface area contributed by atoms with Gasteiger partial charge in [-0.1, -0.05) is 27.2 Å². The van der Waals surface area contributed by atoms with Gasteiger partial charge in [-0.2, -0.15) is 0 Å². The molecule has 0 amide bonds. The Hall–Kier alpha value is -0.810. The minimum Gasteiger partial charge on any atom is -0.450 e. The maximum absolute atomic E-state index is 10.5. The van der Waals surface area contributed by atoms with Crippen molar-refractivity contribution in [1.82, 2.24) is 0 Å². The summed E-state index contributed by atoms with van der Waals surface area (Å²) in [4.78, 5) is 10.5. The standard InChI is InChI=1S/C11H20O3.C2H6O2/c1-7(2)9-5-4-8(3)6-10(9)14-11(12)13;3-1-2-4/h7-10H,4-6H2,1-3H3,(H,12,13);3-4H,1-2H2. The Morgan fingerprint density at radius 1 is 1.28 bits per heavy atom. The zero-order valence-electron chi connectivity index (χ0n) is 11.5. The van der Waals surface area contributed by atoms with Crippen LogP contribution in [0.4, 0.5) is 4.79 Å². The van der Waals surface area contributed by atoms with E-state index in [1.54, 1.807) is 0 Å². The summed E-state index contributed by atoms with van der Waals surface area (Å²) in [5, 5.41) is 23.9. The van der Waals surface area contributed by atoms with Crippen LogP contribution in [-0.4, -0.2) is 40.8 Å². The molecule has 1 saturated carbocycles. The zero-order chi connectivity index (χ0) is 14.1. The first-order valence-electron chi connectivity index (χ1n) is 6.53. The van der Waals surface area contributed by atoms with Gasteiger partial charge in [0.25, 0.3) is 0 Å². The van der Waals surface area contributed by atoms with Crippen LogP contribution < -0.4 is 0 Å². The molecule has 0 bridgehead atoms. The van der Waals surface area contributed by atoms with Gasteiger partial charge in [0.1, 0.15) is 6.10 Å². The molecule has 5 nitrogen and oxygen atoms in total. The minimum atomic E-state index is -1.13. The first-order chi connectivity index (χ1) is 8.42. The number of carboxylic acid groups (broad SMARTS) is 1. The Morgan fingerprint density at radius 3 is 2.22 bits per heavy atom. The van der Waals surface area contributed by atoms with Gasteiger partial charge in [-0.15, -0.1) is 0 Å². The van der Waals surface area contributed by atoms with Gasteiger partial charge in [-0.05, 0) is 30.6 Å². The van der Waals surface area contributed by atoms with E-state index in [9.17, 15) is 4.79 Å². The summed E-state index contributed by atoms with van der Waals surface area (Å²) in [5.74, 6) is 1.50. The second-order valence-electron chi connectivity index (χ2n) is 5.20. The number of rotatable bonds is 3. The summed E-state index contributed by atoms with van der Waals surface area (Å²) in [6, 6.07) is 0. The Kier molecular flexibility index (Phi) is 8.75. The van der Waals surface area contributed by atoms with Crippen LogP contribution >= 0.6 is 0 Å². The molecule has 18 heavy (non-hydrogen) atoms. The van der Waals surface area contributed by atoms with Crippen LogP contribution in [0.2, 0.25) is 0 Å². The third kappa shape index (κ3) is 6.81. The van der Waals surface area contributed by atoms with Gasteiger partial charge < -0.3 is 20.1 Å². The number of aliphatic hydroxyl groups excluding tert-OH is 2. The third-order valence-electron chi connectivity index (χ3n) is 3.31. The number of aliphatic hydroxyl groups is 2. The van der Waals surface area contributed by atoms with Gasteiger partial charge in [-0.3, -0.25) is 0 Å². The van der Waals surface area contributed by atoms with Crippen molar-refractivity contribution in [2.75, 3.05) is 13.2 Å². The lowest BCUT2D eigenvalue weighted by Gasteiger charge is -2.35. The highest BCUT2D eigenvalue weighted by molar-refractivity contribution is 5.57. The molecular formula is C13H26O5. The smallest absolute Gasteiger partial charge is 0.450 e. The lowest BCUT2D eigenvalue weighted by Crippen LogP contribution is -2.35. The monoisotopic (exact) mass is 262 g/mol. The first-order valence-corrected chi connectivity index (χ1v) is 6.53. The molecule has 0 aromatic carbocycles. The van der Waals surface area contributed by atoms with E-state index in [2.05, 4.69) is 20.8 Å². The van der Waals surface area contributed by atoms with Crippen molar-refractivity contribution in [2.24, 2.45) is 17.8 Å². The quantitative estimate of drug-likeness (QED) is 0.678. The number of hydrogen-bond acceptors (Lipinski definition) is 4. The van der Waals surface area contributed by atoms with Crippen LogP contribution in [-0.2, 0) is 4.74 Å². The molecule has 0 radical (unpaired) electrons. The van der Waals surface area contributed by atoms with E-state index < -0.39 is 6.16 Å². The SMILES string of the molecule is CC1CCC(C(C)C)C(OC(=O)O)C1.OCCO. The Morgan fingerprint density at radius 2 is 1.83 bits per heavy atom. The second-order valence-corrected chi connectivity index (χ2v) is 5.20. The highest BCUT2D eigenvalue weighted by atomic mass is 16.7. The van der Waals surface area contributed by atoms with E-state index in [1.165, 1.54) is 6.42 Å². The Labute approximate surface area is 109 Å². The highest BCUT2D eigenvalue weighted by Crippen LogP contribution is 2.35. The maximum atomic E-state index is 10.5. The number of ether oxygens (including phenoxy) is 1. The van der Waals surface area contributed by atoms with E-state index in [1.807, 2.05) is 0 Å². The van der Waals surface area contributed by atoms with E-state index in [4.69, 9.17) is 20.1 Å². The summed E-state index contributed by atoms with van der Waals surface area (Å²) in [6.45, 7) is 6.19. The molecule has 3 N–H and O–H groups in total. The predicted molar refractivity (Wildman–Crippen MR) is 68.4 cm³/mol. The molecule has 0 spiro atoms. The van der Waals surface area contributed by atoms with Crippen molar-refractivity contribution < 1.29 is 24.9 Å². The molecule has 1 fully saturated rings. The predicted octanol–water partition coefficient (Wildman–Crippen LogP) is 2.11. The minimum absolute atomic E-state index is 0.0868. The molecular weight excluding hydrogens is 236 g/mol. The van der Waals surface area contributed by atoms with Crippen molar-refractivity contribution in [3.8, 4) is 0 Å². The van der Waals surface area contributed by atoms with Crippen molar-refractivity contribution in [3.63, 3.8) is 0 Å². The highest BCUT2D eigenvalue weighted by Gasteiger charge is 2.33. The molecule has 0 saturated heterocycles. The fourth-order valence-corrected chi connectivity index (χ4v) is 2.38. The molecule has 1 aliphatic rings. The molecule has 0 aromatic rings. The molecule has 3 atom stereocenters. The fourth-order valence-electron chi connectivity index (χ4n) is 2.38. The van der Waals surface area contributed by atoms with E-state index in [-0.39, 0.29) is 19.3 Å². The molecule has 0 heterocycles. The summed E-state index contributed by atoms with van der Waals surface area (Å²) in [5.41, 5.74) is 0. The van der Waals surface area contributed by atoms with Crippen LogP contribution in [0, 0.1) is 17.8 Å². The molecule has 0 aromatic heterocycles. The van der Waals surface area contributed by atoms with Gasteiger partial charge >= 0.3 is 6.16 Å². The summed E-state index contributed by atoms with van der Waals surface area (Å²) in [7, 11) is 0. The average molecular weight is 262 g/mol. The largest absolute Gasteiger partial charge is 0.506 e. The number of hydrogen-bond donors (Lipinski definition) is 3. The topological polar surface area (TPSA) is 87.0 Å². The van der Waals surface area contributed by atoms with Gasteiger partial charge in [0, 0.05) is 0 Å². The van der Waals surface area contributed by atoms with E-state index in [0.717, 1.165) is 12.8 Å². The van der Waals surface area contributed by atoms with Gasteiger partial charge in [-0.25, -0.2) is 4.79 Å². The Bertz CT molecular complexity index is 227. The van der Waals surface area contributed by atoms with E-state index >= 15 is 0 Å². The molecule has 0 aliphatic heterocycles. The van der Waals surface area contributed by atoms with Gasteiger partial charge in [0.15, 0.2) is 0 Å². The summed E-state index contributed by atoms with van der Waals surface area (Å²) < 4.78 is 4.95. The maximum Gasteiger partial charge on any atom is 0.506 e. The van der Waals surface area contributed by atoms with Crippen LogP contribution in [0.5, 0.6) is 0 Å². The van der Waals surface area contributed by atoms with Crippen molar-refractivity contribution in [2.45, 2.75) is 46.1 Å². The second kappa shape index (κ2) is 9.16. The van der Waals surface area contributed by atoms with Crippen molar-refractivity contribution >= 4 is 6.16 Å². The molecule has 3 unspecified atom stereocenters. The average Bonchev–Trinajstić information content (AvgIpc) is 2.28. The summed E-state index contributed by atoms with van der Waals surface area (Å²) >= 11 is 0. The lowest BCUT2D eigenvalue weighted by atomic mass is 9.75. The Balaban J connectivity index is 0.000000631. The van der Waals surface area contributed by atoms with Crippen LogP contribution in [0.1, 0.15) is 40.0 Å². The molecule has 5 heteroatoms. The molecule has 1 aliphatic carbocycles. The summed E-state index contributed by atoms with van der Waals surface area (Å²) in [6.07, 6.45) is 1.96. The first kappa shape index (κ1) is 17.2. The van der Waals surface area contributed by atoms with Gasteiger partial charge in [0.05, 0.1) is 13.2 Å². The van der Waals surface area contributed by atoms with Crippen molar-refractivity contribution in [1.29, 1.82) is 0 Å². The normalized spacial score (nSPS) is 27.3. The zero-order valence-corrected chi connectivity index (χ0v) is 11.5. The molecule has 108 valence electrons. The number of carbonyl (C=O) groups is 1. The van der Waals surface area contributed by atoms with E-state index in [0.29, 0.717) is 17.8 Å².